The van der Waals surface area contributed by atoms with E-state index in [-0.39, 0.29) is 0 Å². The van der Waals surface area contributed by atoms with Crippen LogP contribution in [0.3, 0.4) is 0 Å². The van der Waals surface area contributed by atoms with Gasteiger partial charge in [-0.3, -0.25) is 0 Å². The van der Waals surface area contributed by atoms with E-state index < -0.39 is 0 Å². The predicted octanol–water partition coefficient (Wildman–Crippen LogP) is 2.46. The highest BCUT2D eigenvalue weighted by Crippen LogP contribution is 2.17. The van der Waals surface area contributed by atoms with Crippen LogP contribution in [0.25, 0.3) is 0 Å². The first-order valence-corrected chi connectivity index (χ1v) is 6.70. The monoisotopic (exact) mass is 243 g/mol. The molecule has 92 valence electrons. The Hall–Kier alpha value is -0.680. The second kappa shape index (κ2) is 7.57. The third kappa shape index (κ3) is 5.42. The minimum Gasteiger partial charge on any atom is -0.469 e. The predicted molar refractivity (Wildman–Crippen MR) is 66.9 cm³/mol. The van der Waals surface area contributed by atoms with Gasteiger partial charge in [0.1, 0.15) is 5.01 Å². The highest BCUT2D eigenvalue weighted by molar-refractivity contribution is 7.13. The van der Waals surface area contributed by atoms with Gasteiger partial charge in [-0.15, -0.1) is 10.2 Å². The SMILES string of the molecule is CCCCOc1nnc(CNCC(C)C)s1. The fourth-order valence-corrected chi connectivity index (χ4v) is 1.82. The zero-order chi connectivity index (χ0) is 11.8. The minimum atomic E-state index is 0.660. The summed E-state index contributed by atoms with van der Waals surface area (Å²) in [5, 5.41) is 13.1. The molecule has 0 atom stereocenters. The number of ether oxygens (including phenoxy) is 1. The summed E-state index contributed by atoms with van der Waals surface area (Å²) in [5.74, 6) is 0.660. The van der Waals surface area contributed by atoms with Crippen molar-refractivity contribution in [1.82, 2.24) is 15.5 Å². The van der Waals surface area contributed by atoms with E-state index in [9.17, 15) is 0 Å². The smallest absolute Gasteiger partial charge is 0.294 e. The lowest BCUT2D eigenvalue weighted by Gasteiger charge is -2.03. The third-order valence-corrected chi connectivity index (χ3v) is 2.84. The first-order chi connectivity index (χ1) is 7.72. The average Bonchev–Trinajstić information content (AvgIpc) is 2.66. The average molecular weight is 243 g/mol. The van der Waals surface area contributed by atoms with Crippen molar-refractivity contribution in [3.63, 3.8) is 0 Å². The molecular weight excluding hydrogens is 222 g/mol. The van der Waals surface area contributed by atoms with Gasteiger partial charge in [-0.1, -0.05) is 38.5 Å². The number of unbranched alkanes of at least 4 members (excludes halogenated alkanes) is 1. The quantitative estimate of drug-likeness (QED) is 0.712. The van der Waals surface area contributed by atoms with Crippen molar-refractivity contribution in [2.75, 3.05) is 13.2 Å². The summed E-state index contributed by atoms with van der Waals surface area (Å²) in [6, 6.07) is 0. The van der Waals surface area contributed by atoms with E-state index in [1.54, 1.807) is 0 Å². The molecular formula is C11H21N3OS. The lowest BCUT2D eigenvalue weighted by molar-refractivity contribution is 0.305. The lowest BCUT2D eigenvalue weighted by atomic mass is 10.2. The normalized spacial score (nSPS) is 11.0. The van der Waals surface area contributed by atoms with E-state index in [1.807, 2.05) is 0 Å². The molecule has 0 spiro atoms. The molecule has 5 heteroatoms. The topological polar surface area (TPSA) is 47.0 Å². The molecule has 16 heavy (non-hydrogen) atoms. The molecule has 1 N–H and O–H groups in total. The van der Waals surface area contributed by atoms with Gasteiger partial charge in [0.05, 0.1) is 6.61 Å². The first kappa shape index (κ1) is 13.4. The fraction of sp³-hybridized carbons (Fsp3) is 0.818. The van der Waals surface area contributed by atoms with Gasteiger partial charge in [0.15, 0.2) is 0 Å². The van der Waals surface area contributed by atoms with Crippen LogP contribution in [0.4, 0.5) is 0 Å². The lowest BCUT2D eigenvalue weighted by Crippen LogP contribution is -2.18. The number of hydrogen-bond donors (Lipinski definition) is 1. The standard InChI is InChI=1S/C11H21N3OS/c1-4-5-6-15-11-14-13-10(16-11)8-12-7-9(2)3/h9,12H,4-8H2,1-3H3. The highest BCUT2D eigenvalue weighted by atomic mass is 32.1. The van der Waals surface area contributed by atoms with Gasteiger partial charge >= 0.3 is 0 Å². The molecule has 0 aromatic carbocycles. The molecule has 1 heterocycles. The summed E-state index contributed by atoms with van der Waals surface area (Å²) in [7, 11) is 0. The van der Waals surface area contributed by atoms with E-state index in [4.69, 9.17) is 4.74 Å². The molecule has 0 aliphatic heterocycles. The molecule has 0 bridgehead atoms. The van der Waals surface area contributed by atoms with Crippen LogP contribution in [0.5, 0.6) is 5.19 Å². The van der Waals surface area contributed by atoms with Crippen molar-refractivity contribution < 1.29 is 4.74 Å². The summed E-state index contributed by atoms with van der Waals surface area (Å²) < 4.78 is 5.47. The Bertz CT molecular complexity index is 289. The molecule has 1 aromatic rings. The number of nitrogens with zero attached hydrogens (tertiary/aromatic N) is 2. The van der Waals surface area contributed by atoms with E-state index in [0.717, 1.165) is 37.5 Å². The fourth-order valence-electron chi connectivity index (χ4n) is 1.14. The van der Waals surface area contributed by atoms with Crippen LogP contribution in [0.15, 0.2) is 0 Å². The maximum absolute atomic E-state index is 5.47. The molecule has 0 amide bonds. The largest absolute Gasteiger partial charge is 0.469 e. The van der Waals surface area contributed by atoms with Gasteiger partial charge < -0.3 is 10.1 Å². The Morgan fingerprint density at radius 1 is 1.38 bits per heavy atom. The van der Waals surface area contributed by atoms with Gasteiger partial charge in [-0.25, -0.2) is 0 Å². The van der Waals surface area contributed by atoms with Crippen molar-refractivity contribution in [3.8, 4) is 5.19 Å². The molecule has 1 rings (SSSR count). The molecule has 0 aliphatic rings. The zero-order valence-electron chi connectivity index (χ0n) is 10.3. The summed E-state index contributed by atoms with van der Waals surface area (Å²) >= 11 is 1.53. The number of aromatic nitrogens is 2. The maximum atomic E-state index is 5.47. The van der Waals surface area contributed by atoms with Crippen LogP contribution in [0.2, 0.25) is 0 Å². The van der Waals surface area contributed by atoms with Crippen LogP contribution in [-0.4, -0.2) is 23.3 Å². The van der Waals surface area contributed by atoms with Crippen molar-refractivity contribution in [2.45, 2.75) is 40.2 Å². The van der Waals surface area contributed by atoms with Gasteiger partial charge in [-0.2, -0.15) is 0 Å². The Morgan fingerprint density at radius 2 is 2.19 bits per heavy atom. The van der Waals surface area contributed by atoms with Gasteiger partial charge in [0, 0.05) is 6.54 Å². The van der Waals surface area contributed by atoms with Gasteiger partial charge in [0.2, 0.25) is 0 Å². The molecule has 0 unspecified atom stereocenters. The Balaban J connectivity index is 2.22. The second-order valence-corrected chi connectivity index (χ2v) is 5.21. The van der Waals surface area contributed by atoms with E-state index in [1.165, 1.54) is 11.3 Å². The summed E-state index contributed by atoms with van der Waals surface area (Å²) in [4.78, 5) is 0. The Morgan fingerprint density at radius 3 is 2.88 bits per heavy atom. The molecule has 0 fully saturated rings. The van der Waals surface area contributed by atoms with E-state index in [0.29, 0.717) is 11.1 Å². The second-order valence-electron chi connectivity index (χ2n) is 4.19. The van der Waals surface area contributed by atoms with Crippen molar-refractivity contribution >= 4 is 11.3 Å². The third-order valence-electron chi connectivity index (χ3n) is 2.00. The number of rotatable bonds is 8. The van der Waals surface area contributed by atoms with Crippen LogP contribution in [0, 0.1) is 5.92 Å². The van der Waals surface area contributed by atoms with Crippen molar-refractivity contribution in [3.05, 3.63) is 5.01 Å². The molecule has 0 aliphatic carbocycles. The molecule has 1 aromatic heterocycles. The van der Waals surface area contributed by atoms with E-state index >= 15 is 0 Å². The van der Waals surface area contributed by atoms with Crippen molar-refractivity contribution in [1.29, 1.82) is 0 Å². The first-order valence-electron chi connectivity index (χ1n) is 5.88. The van der Waals surface area contributed by atoms with Gasteiger partial charge in [-0.05, 0) is 18.9 Å². The van der Waals surface area contributed by atoms with E-state index in [2.05, 4.69) is 36.3 Å². The van der Waals surface area contributed by atoms with Crippen LogP contribution < -0.4 is 10.1 Å². The van der Waals surface area contributed by atoms with Crippen molar-refractivity contribution in [2.24, 2.45) is 5.92 Å². The van der Waals surface area contributed by atoms with Gasteiger partial charge in [0.25, 0.3) is 5.19 Å². The number of nitrogens with one attached hydrogen (secondary N) is 1. The summed E-state index contributed by atoms with van der Waals surface area (Å²) in [6.07, 6.45) is 2.21. The molecule has 0 saturated carbocycles. The Kier molecular flexibility index (Phi) is 6.33. The highest BCUT2D eigenvalue weighted by Gasteiger charge is 2.04. The van der Waals surface area contributed by atoms with Crippen LogP contribution >= 0.6 is 11.3 Å². The number of hydrogen-bond acceptors (Lipinski definition) is 5. The minimum absolute atomic E-state index is 0.660. The summed E-state index contributed by atoms with van der Waals surface area (Å²) in [6.45, 7) is 9.05. The maximum Gasteiger partial charge on any atom is 0.294 e. The van der Waals surface area contributed by atoms with Crippen LogP contribution in [0.1, 0.15) is 38.6 Å². The Labute approximate surface area is 101 Å². The molecule has 0 saturated heterocycles. The van der Waals surface area contributed by atoms with Crippen LogP contribution in [-0.2, 0) is 6.54 Å². The molecule has 4 nitrogen and oxygen atoms in total. The zero-order valence-corrected chi connectivity index (χ0v) is 11.1. The molecule has 0 radical (unpaired) electrons. The summed E-state index contributed by atoms with van der Waals surface area (Å²) in [5.41, 5.74) is 0.